The van der Waals surface area contributed by atoms with E-state index in [2.05, 4.69) is 10.2 Å². The molecule has 1 saturated heterocycles. The van der Waals surface area contributed by atoms with Gasteiger partial charge in [-0.1, -0.05) is 35.3 Å². The summed E-state index contributed by atoms with van der Waals surface area (Å²) in [7, 11) is 1.59. The lowest BCUT2D eigenvalue weighted by atomic mass is 9.95. The number of fused-ring (bicyclic) bond motifs is 2. The van der Waals surface area contributed by atoms with Crippen LogP contribution in [0.5, 0.6) is 5.75 Å². The van der Waals surface area contributed by atoms with Gasteiger partial charge in [-0.2, -0.15) is 10.2 Å². The van der Waals surface area contributed by atoms with E-state index in [0.717, 1.165) is 0 Å². The summed E-state index contributed by atoms with van der Waals surface area (Å²) in [4.78, 5) is 27.0. The minimum absolute atomic E-state index is 0.230. The van der Waals surface area contributed by atoms with Gasteiger partial charge in [0.2, 0.25) is 0 Å². The molecule has 3 unspecified atom stereocenters. The molecule has 3 atom stereocenters. The Bertz CT molecular complexity index is 1340. The fourth-order valence-electron chi connectivity index (χ4n) is 4.32. The Balaban J connectivity index is 1.68. The van der Waals surface area contributed by atoms with Gasteiger partial charge in [0.25, 0.3) is 0 Å². The Kier molecular flexibility index (Phi) is 6.78. The molecular formula is C25H21Cl2N3O7. The van der Waals surface area contributed by atoms with E-state index < -0.39 is 36.2 Å². The predicted octanol–water partition coefficient (Wildman–Crippen LogP) is 2.84. The SMILES string of the molecule is CN1CCC(Oc2ccc(Cl)c(Cl)c2)c2ccc(-c3cccnn3)cc2C12OC(=O)C(O)C(O)C(=O)O2. The summed E-state index contributed by atoms with van der Waals surface area (Å²) in [6.45, 7) is 0.230. The predicted molar refractivity (Wildman–Crippen MR) is 130 cm³/mol. The third kappa shape index (κ3) is 4.62. The molecule has 3 aromatic rings. The van der Waals surface area contributed by atoms with Crippen molar-refractivity contribution in [2.24, 2.45) is 0 Å². The third-order valence-electron chi connectivity index (χ3n) is 6.27. The zero-order valence-corrected chi connectivity index (χ0v) is 20.9. The number of carbonyl (C=O) groups is 2. The quantitative estimate of drug-likeness (QED) is 0.473. The molecule has 37 heavy (non-hydrogen) atoms. The summed E-state index contributed by atoms with van der Waals surface area (Å²) in [5.74, 6) is -4.09. The normalized spacial score (nSPS) is 26.0. The number of aromatic nitrogens is 2. The van der Waals surface area contributed by atoms with Crippen molar-refractivity contribution < 1.29 is 34.0 Å². The number of benzene rings is 2. The van der Waals surface area contributed by atoms with Crippen LogP contribution in [0.15, 0.2) is 54.7 Å². The highest BCUT2D eigenvalue weighted by Gasteiger charge is 2.55. The van der Waals surface area contributed by atoms with E-state index in [1.54, 1.807) is 55.6 Å². The minimum atomic E-state index is -2.11. The molecule has 1 spiro atoms. The Morgan fingerprint density at radius 3 is 2.41 bits per heavy atom. The molecule has 1 fully saturated rings. The highest BCUT2D eigenvalue weighted by Crippen LogP contribution is 2.44. The first-order valence-corrected chi connectivity index (χ1v) is 12.0. The van der Waals surface area contributed by atoms with Crippen LogP contribution < -0.4 is 4.74 Å². The largest absolute Gasteiger partial charge is 0.486 e. The smallest absolute Gasteiger partial charge is 0.349 e. The molecule has 12 heteroatoms. The van der Waals surface area contributed by atoms with Crippen molar-refractivity contribution in [2.45, 2.75) is 30.6 Å². The molecule has 0 aliphatic carbocycles. The average Bonchev–Trinajstić information content (AvgIpc) is 3.06. The number of hydrogen-bond acceptors (Lipinski definition) is 10. The van der Waals surface area contributed by atoms with Gasteiger partial charge in [0.1, 0.15) is 11.9 Å². The van der Waals surface area contributed by atoms with E-state index in [4.69, 9.17) is 37.4 Å². The van der Waals surface area contributed by atoms with Gasteiger partial charge in [0.15, 0.2) is 12.2 Å². The molecule has 2 N–H and O–H groups in total. The van der Waals surface area contributed by atoms with Gasteiger partial charge in [-0.25, -0.2) is 14.5 Å². The van der Waals surface area contributed by atoms with Crippen molar-refractivity contribution in [2.75, 3.05) is 13.6 Å². The summed E-state index contributed by atoms with van der Waals surface area (Å²) in [6.07, 6.45) is -2.91. The molecular weight excluding hydrogens is 525 g/mol. The lowest BCUT2D eigenvalue weighted by molar-refractivity contribution is -0.288. The van der Waals surface area contributed by atoms with Crippen molar-refractivity contribution in [1.29, 1.82) is 0 Å². The molecule has 3 heterocycles. The van der Waals surface area contributed by atoms with Crippen LogP contribution in [0.1, 0.15) is 23.7 Å². The Morgan fingerprint density at radius 1 is 1.03 bits per heavy atom. The second kappa shape index (κ2) is 9.88. The van der Waals surface area contributed by atoms with E-state index in [-0.39, 0.29) is 12.1 Å². The monoisotopic (exact) mass is 545 g/mol. The first-order chi connectivity index (χ1) is 17.7. The Labute approximate surface area is 221 Å². The standard InChI is InChI=1S/C25H21Cl2N3O7/c1-30-10-8-20(35-14-5-7-17(26)18(27)12-14)15-6-4-13(19-3-2-9-28-29-19)11-16(15)25(30)36-23(33)21(31)22(32)24(34)37-25/h2-7,9,11-12,20-22,31-32H,8,10H2,1H3. The minimum Gasteiger partial charge on any atom is -0.486 e. The van der Waals surface area contributed by atoms with Crippen molar-refractivity contribution in [3.63, 3.8) is 0 Å². The van der Waals surface area contributed by atoms with Crippen LogP contribution >= 0.6 is 23.2 Å². The van der Waals surface area contributed by atoms with Crippen LogP contribution in [0.2, 0.25) is 10.0 Å². The van der Waals surface area contributed by atoms with Crippen molar-refractivity contribution >= 4 is 35.1 Å². The Hall–Kier alpha value is -3.28. The van der Waals surface area contributed by atoms with Crippen LogP contribution in [0, 0.1) is 0 Å². The lowest BCUT2D eigenvalue weighted by Gasteiger charge is -2.38. The molecule has 2 aromatic carbocycles. The van der Waals surface area contributed by atoms with E-state index in [9.17, 15) is 19.8 Å². The zero-order valence-electron chi connectivity index (χ0n) is 19.4. The second-order valence-corrected chi connectivity index (χ2v) is 9.43. The highest BCUT2D eigenvalue weighted by molar-refractivity contribution is 6.42. The van der Waals surface area contributed by atoms with Crippen LogP contribution in [-0.4, -0.2) is 63.0 Å². The summed E-state index contributed by atoms with van der Waals surface area (Å²) in [5, 5.41) is 29.0. The molecule has 1 aromatic heterocycles. The van der Waals surface area contributed by atoms with Gasteiger partial charge in [-0.05, 0) is 37.4 Å². The maximum Gasteiger partial charge on any atom is 0.349 e. The van der Waals surface area contributed by atoms with Crippen LogP contribution in [0.4, 0.5) is 0 Å². The molecule has 0 amide bonds. The van der Waals surface area contributed by atoms with E-state index in [1.807, 2.05) is 0 Å². The van der Waals surface area contributed by atoms with Gasteiger partial charge in [0.05, 0.1) is 21.3 Å². The molecule has 0 saturated carbocycles. The molecule has 192 valence electrons. The Morgan fingerprint density at radius 2 is 1.76 bits per heavy atom. The van der Waals surface area contributed by atoms with Gasteiger partial charge in [-0.3, -0.25) is 0 Å². The highest BCUT2D eigenvalue weighted by atomic mass is 35.5. The van der Waals surface area contributed by atoms with Gasteiger partial charge in [-0.15, -0.1) is 0 Å². The molecule has 2 aliphatic rings. The van der Waals surface area contributed by atoms with Gasteiger partial charge < -0.3 is 24.4 Å². The van der Waals surface area contributed by atoms with Crippen LogP contribution in [0.25, 0.3) is 11.3 Å². The van der Waals surface area contributed by atoms with E-state index in [0.29, 0.717) is 39.0 Å². The molecule has 5 rings (SSSR count). The number of nitrogens with zero attached hydrogens (tertiary/aromatic N) is 3. The fourth-order valence-corrected chi connectivity index (χ4v) is 4.61. The number of carbonyl (C=O) groups excluding carboxylic acids is 2. The third-order valence-corrected chi connectivity index (χ3v) is 7.01. The van der Waals surface area contributed by atoms with Crippen molar-refractivity contribution in [3.05, 3.63) is 75.9 Å². The van der Waals surface area contributed by atoms with Crippen LogP contribution in [0.3, 0.4) is 0 Å². The maximum absolute atomic E-state index is 12.7. The number of aliphatic hydroxyl groups is 2. The molecule has 2 aliphatic heterocycles. The number of hydrogen-bond donors (Lipinski definition) is 2. The first kappa shape index (κ1) is 25.4. The van der Waals surface area contributed by atoms with Crippen molar-refractivity contribution in [1.82, 2.24) is 15.1 Å². The summed E-state index contributed by atoms with van der Waals surface area (Å²) in [6, 6.07) is 13.5. The van der Waals surface area contributed by atoms with E-state index >= 15 is 0 Å². The van der Waals surface area contributed by atoms with E-state index in [1.165, 1.54) is 11.1 Å². The number of rotatable bonds is 3. The topological polar surface area (TPSA) is 131 Å². The van der Waals surface area contributed by atoms with Gasteiger partial charge >= 0.3 is 17.8 Å². The second-order valence-electron chi connectivity index (χ2n) is 8.62. The zero-order chi connectivity index (χ0) is 26.3. The lowest BCUT2D eigenvalue weighted by Crippen LogP contribution is -2.50. The summed E-state index contributed by atoms with van der Waals surface area (Å²) >= 11 is 12.2. The maximum atomic E-state index is 12.7. The average molecular weight is 546 g/mol. The number of esters is 2. The summed E-state index contributed by atoms with van der Waals surface area (Å²) < 4.78 is 17.6. The molecule has 0 radical (unpaired) electrons. The fraction of sp³-hybridized carbons (Fsp3) is 0.280. The number of ether oxygens (including phenoxy) is 3. The van der Waals surface area contributed by atoms with Gasteiger partial charge in [0, 0.05) is 36.4 Å². The van der Waals surface area contributed by atoms with Crippen LogP contribution in [-0.2, 0) is 25.0 Å². The number of aliphatic hydroxyl groups excluding tert-OH is 2. The summed E-state index contributed by atoms with van der Waals surface area (Å²) in [5.41, 5.74) is 1.89. The van der Waals surface area contributed by atoms with Crippen molar-refractivity contribution in [3.8, 4) is 17.0 Å². The first-order valence-electron chi connectivity index (χ1n) is 11.3. The molecule has 0 bridgehead atoms. The number of halogens is 2. The molecule has 10 nitrogen and oxygen atoms in total.